The molecule has 0 bridgehead atoms. The minimum absolute atomic E-state index is 0.354. The number of alkyl halides is 1. The highest BCUT2D eigenvalue weighted by Gasteiger charge is 2.31. The molecule has 0 spiro atoms. The summed E-state index contributed by atoms with van der Waals surface area (Å²) in [6.45, 7) is 6.46. The normalized spacial score (nSPS) is 22.6. The van der Waals surface area contributed by atoms with Gasteiger partial charge in [-0.3, -0.25) is 0 Å². The van der Waals surface area contributed by atoms with Crippen molar-refractivity contribution in [1.82, 2.24) is 8.61 Å². The molecule has 0 N–H and O–H groups in total. The molecule has 0 radical (unpaired) electrons. The molecule has 1 saturated heterocycles. The molecule has 6 heteroatoms. The van der Waals surface area contributed by atoms with Crippen LogP contribution < -0.4 is 0 Å². The maximum atomic E-state index is 12.5. The molecule has 1 atom stereocenters. The number of hydrogen-bond donors (Lipinski definition) is 0. The SMILES string of the molecule is CCCCN(CCCl)S(=O)(=O)N1CCCC(C)C1. The molecule has 0 aromatic heterocycles. The van der Waals surface area contributed by atoms with Gasteiger partial charge >= 0.3 is 0 Å². The first-order valence-corrected chi connectivity index (χ1v) is 8.76. The van der Waals surface area contributed by atoms with Crippen LogP contribution in [0.2, 0.25) is 0 Å². The fraction of sp³-hybridized carbons (Fsp3) is 1.00. The van der Waals surface area contributed by atoms with Crippen LogP contribution in [-0.2, 0) is 10.2 Å². The van der Waals surface area contributed by atoms with Gasteiger partial charge in [0, 0.05) is 32.1 Å². The molecular weight excluding hydrogens is 272 g/mol. The molecule has 0 amide bonds. The van der Waals surface area contributed by atoms with Crippen molar-refractivity contribution >= 4 is 21.8 Å². The molecule has 4 nitrogen and oxygen atoms in total. The van der Waals surface area contributed by atoms with Crippen molar-refractivity contribution in [2.24, 2.45) is 5.92 Å². The highest BCUT2D eigenvalue weighted by atomic mass is 35.5. The average Bonchev–Trinajstić information content (AvgIpc) is 2.34. The van der Waals surface area contributed by atoms with Gasteiger partial charge in [0.05, 0.1) is 0 Å². The number of piperidine rings is 1. The lowest BCUT2D eigenvalue weighted by Crippen LogP contribution is -2.48. The maximum Gasteiger partial charge on any atom is 0.282 e. The molecule has 0 aromatic rings. The molecule has 18 heavy (non-hydrogen) atoms. The van der Waals surface area contributed by atoms with Crippen molar-refractivity contribution < 1.29 is 8.42 Å². The number of rotatable bonds is 7. The number of nitrogens with zero attached hydrogens (tertiary/aromatic N) is 2. The van der Waals surface area contributed by atoms with Crippen LogP contribution in [0.25, 0.3) is 0 Å². The number of hydrogen-bond acceptors (Lipinski definition) is 2. The van der Waals surface area contributed by atoms with E-state index in [0.717, 1.165) is 25.7 Å². The second kappa shape index (κ2) is 7.68. The highest BCUT2D eigenvalue weighted by molar-refractivity contribution is 7.86. The van der Waals surface area contributed by atoms with Crippen molar-refractivity contribution in [3.05, 3.63) is 0 Å². The first-order valence-electron chi connectivity index (χ1n) is 6.83. The van der Waals surface area contributed by atoms with Crippen LogP contribution in [0.3, 0.4) is 0 Å². The van der Waals surface area contributed by atoms with Crippen LogP contribution >= 0.6 is 11.6 Å². The lowest BCUT2D eigenvalue weighted by Gasteiger charge is -2.34. The van der Waals surface area contributed by atoms with Crippen molar-refractivity contribution in [3.63, 3.8) is 0 Å². The molecular formula is C12H25ClN2O2S. The van der Waals surface area contributed by atoms with E-state index in [9.17, 15) is 8.42 Å². The van der Waals surface area contributed by atoms with Crippen LogP contribution in [0.15, 0.2) is 0 Å². The predicted molar refractivity (Wildman–Crippen MR) is 76.1 cm³/mol. The summed E-state index contributed by atoms with van der Waals surface area (Å²) in [6, 6.07) is 0. The van der Waals surface area contributed by atoms with Crippen LogP contribution in [0.1, 0.15) is 39.5 Å². The monoisotopic (exact) mass is 296 g/mol. The Morgan fingerprint density at radius 1 is 1.39 bits per heavy atom. The Kier molecular flexibility index (Phi) is 6.92. The Bertz CT molecular complexity index is 335. The van der Waals surface area contributed by atoms with Gasteiger partial charge in [-0.25, -0.2) is 0 Å². The first kappa shape index (κ1) is 16.2. The van der Waals surface area contributed by atoms with Gasteiger partial charge < -0.3 is 0 Å². The van der Waals surface area contributed by atoms with Crippen LogP contribution in [0.5, 0.6) is 0 Å². The van der Waals surface area contributed by atoms with Gasteiger partial charge in [-0.05, 0) is 25.2 Å². The van der Waals surface area contributed by atoms with Gasteiger partial charge in [0.2, 0.25) is 0 Å². The van der Waals surface area contributed by atoms with Gasteiger partial charge in [-0.15, -0.1) is 11.6 Å². The van der Waals surface area contributed by atoms with Gasteiger partial charge in [-0.1, -0.05) is 20.3 Å². The van der Waals surface area contributed by atoms with E-state index in [4.69, 9.17) is 11.6 Å². The van der Waals surface area contributed by atoms with Gasteiger partial charge in [0.25, 0.3) is 10.2 Å². The molecule has 1 aliphatic heterocycles. The highest BCUT2D eigenvalue weighted by Crippen LogP contribution is 2.20. The molecule has 0 aliphatic carbocycles. The molecule has 1 aliphatic rings. The van der Waals surface area contributed by atoms with E-state index in [0.29, 0.717) is 38.0 Å². The summed E-state index contributed by atoms with van der Waals surface area (Å²) in [7, 11) is -3.31. The van der Waals surface area contributed by atoms with E-state index >= 15 is 0 Å². The van der Waals surface area contributed by atoms with Crippen molar-refractivity contribution in [1.29, 1.82) is 0 Å². The summed E-state index contributed by atoms with van der Waals surface area (Å²) in [5.74, 6) is 0.810. The predicted octanol–water partition coefficient (Wildman–Crippen LogP) is 2.30. The van der Waals surface area contributed by atoms with Crippen LogP contribution in [0, 0.1) is 5.92 Å². The van der Waals surface area contributed by atoms with E-state index in [1.807, 2.05) is 0 Å². The van der Waals surface area contributed by atoms with Crippen LogP contribution in [0.4, 0.5) is 0 Å². The third-order valence-corrected chi connectivity index (χ3v) is 5.54. The molecule has 108 valence electrons. The minimum Gasteiger partial charge on any atom is -0.195 e. The Morgan fingerprint density at radius 3 is 2.67 bits per heavy atom. The lowest BCUT2D eigenvalue weighted by molar-refractivity contribution is 0.258. The van der Waals surface area contributed by atoms with Gasteiger partial charge in [-0.2, -0.15) is 17.0 Å². The van der Waals surface area contributed by atoms with E-state index in [-0.39, 0.29) is 0 Å². The van der Waals surface area contributed by atoms with Crippen molar-refractivity contribution in [2.75, 3.05) is 32.1 Å². The zero-order valence-corrected chi connectivity index (χ0v) is 13.0. The zero-order valence-electron chi connectivity index (χ0n) is 11.4. The smallest absolute Gasteiger partial charge is 0.195 e. The Hall–Kier alpha value is 0.160. The molecule has 1 fully saturated rings. The van der Waals surface area contributed by atoms with Crippen molar-refractivity contribution in [2.45, 2.75) is 39.5 Å². The first-order chi connectivity index (χ1) is 8.52. The van der Waals surface area contributed by atoms with Gasteiger partial charge in [0.1, 0.15) is 0 Å². The quantitative estimate of drug-likeness (QED) is 0.677. The van der Waals surface area contributed by atoms with E-state index < -0.39 is 10.2 Å². The summed E-state index contributed by atoms with van der Waals surface area (Å²) >= 11 is 5.72. The molecule has 1 heterocycles. The molecule has 1 unspecified atom stereocenters. The summed E-state index contributed by atoms with van der Waals surface area (Å²) in [4.78, 5) is 0. The van der Waals surface area contributed by atoms with E-state index in [1.165, 1.54) is 0 Å². The molecule has 0 saturated carbocycles. The number of halogens is 1. The molecule has 0 aromatic carbocycles. The lowest BCUT2D eigenvalue weighted by atomic mass is 10.0. The number of unbranched alkanes of at least 4 members (excludes halogenated alkanes) is 1. The Morgan fingerprint density at radius 2 is 2.11 bits per heavy atom. The van der Waals surface area contributed by atoms with Crippen molar-refractivity contribution in [3.8, 4) is 0 Å². The summed E-state index contributed by atoms with van der Waals surface area (Å²) in [6.07, 6.45) is 3.96. The second-order valence-corrected chi connectivity index (χ2v) is 7.36. The summed E-state index contributed by atoms with van der Waals surface area (Å²) in [5, 5.41) is 0. The van der Waals surface area contributed by atoms with Crippen LogP contribution in [-0.4, -0.2) is 49.1 Å². The average molecular weight is 297 g/mol. The van der Waals surface area contributed by atoms with Gasteiger partial charge in [0.15, 0.2) is 0 Å². The second-order valence-electron chi connectivity index (χ2n) is 5.05. The fourth-order valence-electron chi connectivity index (χ4n) is 2.29. The Labute approximate surface area is 116 Å². The zero-order chi connectivity index (χ0) is 13.6. The fourth-order valence-corrected chi connectivity index (χ4v) is 4.41. The standard InChI is InChI=1S/C12H25ClN2O2S/c1-3-4-8-14(10-7-13)18(16,17)15-9-5-6-12(2)11-15/h12H,3-11H2,1-2H3. The third-order valence-electron chi connectivity index (χ3n) is 3.37. The Balaban J connectivity index is 2.72. The van der Waals surface area contributed by atoms with E-state index in [1.54, 1.807) is 8.61 Å². The summed E-state index contributed by atoms with van der Waals surface area (Å²) < 4.78 is 28.2. The summed E-state index contributed by atoms with van der Waals surface area (Å²) in [5.41, 5.74) is 0. The molecule has 1 rings (SSSR count). The maximum absolute atomic E-state index is 12.5. The minimum atomic E-state index is -3.31. The van der Waals surface area contributed by atoms with E-state index in [2.05, 4.69) is 13.8 Å². The largest absolute Gasteiger partial charge is 0.282 e. The topological polar surface area (TPSA) is 40.6 Å². The third kappa shape index (κ3) is 4.37.